The fraction of sp³-hybridized carbons (Fsp3) is 0.500. The molecule has 0 radical (unpaired) electrons. The van der Waals surface area contributed by atoms with Crippen LogP contribution in [0.2, 0.25) is 0 Å². The average Bonchev–Trinajstić information content (AvgIpc) is 2.80. The zero-order chi connectivity index (χ0) is 13.4. The van der Waals surface area contributed by atoms with Crippen molar-refractivity contribution in [2.75, 3.05) is 25.1 Å². The van der Waals surface area contributed by atoms with E-state index in [-0.39, 0.29) is 5.88 Å². The van der Waals surface area contributed by atoms with E-state index in [2.05, 4.69) is 15.3 Å². The number of imidazole rings is 1. The SMILES string of the molecule is CC.CCOCCNc1nccn2c(O)cnc12. The van der Waals surface area contributed by atoms with Gasteiger partial charge in [0.25, 0.3) is 0 Å². The minimum atomic E-state index is 0.102. The van der Waals surface area contributed by atoms with E-state index in [4.69, 9.17) is 4.74 Å². The van der Waals surface area contributed by atoms with Gasteiger partial charge in [-0.3, -0.25) is 4.40 Å². The Bertz CT molecular complexity index is 470. The van der Waals surface area contributed by atoms with Crippen molar-refractivity contribution in [3.8, 4) is 5.88 Å². The summed E-state index contributed by atoms with van der Waals surface area (Å²) in [7, 11) is 0. The first-order valence-electron chi connectivity index (χ1n) is 6.15. The van der Waals surface area contributed by atoms with Gasteiger partial charge in [0.05, 0.1) is 12.8 Å². The van der Waals surface area contributed by atoms with Crippen LogP contribution in [0.5, 0.6) is 5.88 Å². The molecule has 0 aliphatic rings. The lowest BCUT2D eigenvalue weighted by atomic mass is 10.5. The second-order valence-electron chi connectivity index (χ2n) is 3.21. The molecule has 6 heteroatoms. The van der Waals surface area contributed by atoms with Crippen LogP contribution in [0.4, 0.5) is 5.82 Å². The molecule has 0 unspecified atom stereocenters. The molecular weight excluding hydrogens is 232 g/mol. The smallest absolute Gasteiger partial charge is 0.216 e. The quantitative estimate of drug-likeness (QED) is 0.795. The summed E-state index contributed by atoms with van der Waals surface area (Å²) in [6.07, 6.45) is 4.66. The Balaban J connectivity index is 0.000000771. The van der Waals surface area contributed by atoms with Crippen molar-refractivity contribution in [3.63, 3.8) is 0 Å². The van der Waals surface area contributed by atoms with Gasteiger partial charge in [-0.2, -0.15) is 0 Å². The minimum absolute atomic E-state index is 0.102. The summed E-state index contributed by atoms with van der Waals surface area (Å²) in [4.78, 5) is 8.22. The zero-order valence-corrected chi connectivity index (χ0v) is 11.1. The molecule has 0 saturated heterocycles. The Morgan fingerprint density at radius 1 is 1.39 bits per heavy atom. The number of anilines is 1. The maximum atomic E-state index is 9.47. The highest BCUT2D eigenvalue weighted by Gasteiger charge is 2.06. The van der Waals surface area contributed by atoms with E-state index in [0.29, 0.717) is 31.2 Å². The lowest BCUT2D eigenvalue weighted by Gasteiger charge is -2.06. The van der Waals surface area contributed by atoms with Crippen molar-refractivity contribution in [2.45, 2.75) is 20.8 Å². The molecule has 100 valence electrons. The maximum absolute atomic E-state index is 9.47. The van der Waals surface area contributed by atoms with Crippen LogP contribution in [0.1, 0.15) is 20.8 Å². The van der Waals surface area contributed by atoms with Crippen LogP contribution in [0, 0.1) is 0 Å². The molecule has 0 saturated carbocycles. The first-order chi connectivity index (χ1) is 8.83. The molecule has 0 amide bonds. The second-order valence-corrected chi connectivity index (χ2v) is 3.21. The number of fused-ring (bicyclic) bond motifs is 1. The Kier molecular flexibility index (Phi) is 5.93. The molecule has 2 aromatic rings. The summed E-state index contributed by atoms with van der Waals surface area (Å²) >= 11 is 0. The molecule has 18 heavy (non-hydrogen) atoms. The van der Waals surface area contributed by atoms with Crippen molar-refractivity contribution < 1.29 is 9.84 Å². The van der Waals surface area contributed by atoms with Crippen LogP contribution in [-0.4, -0.2) is 39.2 Å². The van der Waals surface area contributed by atoms with E-state index >= 15 is 0 Å². The molecule has 0 spiro atoms. The Hall–Kier alpha value is -1.82. The molecule has 0 fully saturated rings. The third-order valence-corrected chi connectivity index (χ3v) is 2.15. The summed E-state index contributed by atoms with van der Waals surface area (Å²) in [5.74, 6) is 0.743. The van der Waals surface area contributed by atoms with Crippen LogP contribution in [-0.2, 0) is 4.74 Å². The lowest BCUT2D eigenvalue weighted by Crippen LogP contribution is -2.11. The highest BCUT2D eigenvalue weighted by Crippen LogP contribution is 2.17. The lowest BCUT2D eigenvalue weighted by molar-refractivity contribution is 0.158. The van der Waals surface area contributed by atoms with Crippen molar-refractivity contribution in [2.24, 2.45) is 0 Å². The first kappa shape index (κ1) is 14.2. The molecule has 6 nitrogen and oxygen atoms in total. The predicted octanol–water partition coefficient (Wildman–Crippen LogP) is 1.91. The number of nitrogens with one attached hydrogen (secondary N) is 1. The highest BCUT2D eigenvalue weighted by molar-refractivity contribution is 5.63. The van der Waals surface area contributed by atoms with Crippen molar-refractivity contribution in [3.05, 3.63) is 18.6 Å². The summed E-state index contributed by atoms with van der Waals surface area (Å²) in [5.41, 5.74) is 0.608. The van der Waals surface area contributed by atoms with Gasteiger partial charge < -0.3 is 15.2 Å². The molecular formula is C12H20N4O2. The summed E-state index contributed by atoms with van der Waals surface area (Å²) < 4.78 is 6.77. The van der Waals surface area contributed by atoms with Crippen molar-refractivity contribution >= 4 is 11.5 Å². The van der Waals surface area contributed by atoms with E-state index in [0.717, 1.165) is 0 Å². The maximum Gasteiger partial charge on any atom is 0.216 e. The first-order valence-corrected chi connectivity index (χ1v) is 6.15. The van der Waals surface area contributed by atoms with Gasteiger partial charge in [0.1, 0.15) is 0 Å². The van der Waals surface area contributed by atoms with Gasteiger partial charge in [-0.05, 0) is 6.92 Å². The molecule has 0 aromatic carbocycles. The Morgan fingerprint density at radius 3 is 2.89 bits per heavy atom. The van der Waals surface area contributed by atoms with Gasteiger partial charge in [-0.25, -0.2) is 9.97 Å². The van der Waals surface area contributed by atoms with Gasteiger partial charge in [-0.1, -0.05) is 13.8 Å². The summed E-state index contributed by atoms with van der Waals surface area (Å²) in [5, 5.41) is 12.6. The fourth-order valence-corrected chi connectivity index (χ4v) is 1.42. The molecule has 2 aromatic heterocycles. The molecule has 0 aliphatic carbocycles. The van der Waals surface area contributed by atoms with E-state index in [1.54, 1.807) is 16.8 Å². The summed E-state index contributed by atoms with van der Waals surface area (Å²) in [6, 6.07) is 0. The third-order valence-electron chi connectivity index (χ3n) is 2.15. The van der Waals surface area contributed by atoms with Crippen molar-refractivity contribution in [1.29, 1.82) is 0 Å². The minimum Gasteiger partial charge on any atom is -0.493 e. The predicted molar refractivity (Wildman–Crippen MR) is 71.0 cm³/mol. The molecule has 2 heterocycles. The van der Waals surface area contributed by atoms with Gasteiger partial charge in [-0.15, -0.1) is 0 Å². The number of hydrogen-bond acceptors (Lipinski definition) is 5. The molecule has 0 atom stereocenters. The summed E-state index contributed by atoms with van der Waals surface area (Å²) in [6.45, 7) is 7.93. The third kappa shape index (κ3) is 3.33. The Morgan fingerprint density at radius 2 is 2.17 bits per heavy atom. The standard InChI is InChI=1S/C10H14N4O2.C2H6/c1-2-16-6-4-12-9-10-13-7-8(15)14(10)5-3-11-9;1-2/h3,5,7,15H,2,4,6H2,1H3,(H,11,12);1-2H3. The monoisotopic (exact) mass is 252 g/mol. The Labute approximate surface area is 107 Å². The molecule has 0 bridgehead atoms. The highest BCUT2D eigenvalue weighted by atomic mass is 16.5. The number of nitrogens with zero attached hydrogens (tertiary/aromatic N) is 3. The molecule has 2 rings (SSSR count). The average molecular weight is 252 g/mol. The topological polar surface area (TPSA) is 71.7 Å². The van der Waals surface area contributed by atoms with Crippen LogP contribution in [0.25, 0.3) is 5.65 Å². The van der Waals surface area contributed by atoms with E-state index in [1.807, 2.05) is 20.8 Å². The van der Waals surface area contributed by atoms with Crippen molar-refractivity contribution in [1.82, 2.24) is 14.4 Å². The van der Waals surface area contributed by atoms with Gasteiger partial charge in [0.15, 0.2) is 11.5 Å². The number of aromatic hydroxyl groups is 1. The van der Waals surface area contributed by atoms with Crippen LogP contribution < -0.4 is 5.32 Å². The van der Waals surface area contributed by atoms with Crippen LogP contribution >= 0.6 is 0 Å². The fourth-order valence-electron chi connectivity index (χ4n) is 1.42. The van der Waals surface area contributed by atoms with Gasteiger partial charge >= 0.3 is 0 Å². The van der Waals surface area contributed by atoms with E-state index in [1.165, 1.54) is 6.20 Å². The zero-order valence-electron chi connectivity index (χ0n) is 11.1. The molecule has 2 N–H and O–H groups in total. The van der Waals surface area contributed by atoms with Gasteiger partial charge in [0.2, 0.25) is 5.88 Å². The van der Waals surface area contributed by atoms with Crippen LogP contribution in [0.15, 0.2) is 18.6 Å². The normalized spacial score (nSPS) is 9.94. The number of aromatic nitrogens is 3. The van der Waals surface area contributed by atoms with E-state index < -0.39 is 0 Å². The number of rotatable bonds is 5. The van der Waals surface area contributed by atoms with Gasteiger partial charge in [0, 0.05) is 25.5 Å². The second kappa shape index (κ2) is 7.50. The van der Waals surface area contributed by atoms with Crippen LogP contribution in [0.3, 0.4) is 0 Å². The largest absolute Gasteiger partial charge is 0.493 e. The number of hydrogen-bond donors (Lipinski definition) is 2. The number of ether oxygens (including phenoxy) is 1. The van der Waals surface area contributed by atoms with E-state index in [9.17, 15) is 5.11 Å². The molecule has 0 aliphatic heterocycles.